The molecule has 2 aliphatic heterocycles. The summed E-state index contributed by atoms with van der Waals surface area (Å²) in [6.45, 7) is 12.5. The zero-order chi connectivity index (χ0) is 19.1. The van der Waals surface area contributed by atoms with Crippen molar-refractivity contribution >= 4 is 5.96 Å². The van der Waals surface area contributed by atoms with E-state index in [1.165, 1.54) is 11.1 Å². The van der Waals surface area contributed by atoms with Crippen LogP contribution in [-0.2, 0) is 17.6 Å². The molecule has 0 aliphatic carbocycles. The van der Waals surface area contributed by atoms with Gasteiger partial charge in [0.1, 0.15) is 5.75 Å². The van der Waals surface area contributed by atoms with Crippen molar-refractivity contribution in [3.05, 3.63) is 29.3 Å². The van der Waals surface area contributed by atoms with Gasteiger partial charge in [0.2, 0.25) is 0 Å². The minimum absolute atomic E-state index is 0.413. The van der Waals surface area contributed by atoms with Crippen LogP contribution in [0, 0.1) is 0 Å². The molecule has 1 fully saturated rings. The van der Waals surface area contributed by atoms with Crippen molar-refractivity contribution in [2.24, 2.45) is 4.99 Å². The van der Waals surface area contributed by atoms with Crippen LogP contribution < -0.4 is 15.4 Å². The maximum absolute atomic E-state index is 5.58. The van der Waals surface area contributed by atoms with Crippen LogP contribution >= 0.6 is 0 Å². The number of hydrogen-bond acceptors (Lipinski definition) is 4. The van der Waals surface area contributed by atoms with Crippen LogP contribution in [0.5, 0.6) is 5.75 Å². The molecule has 27 heavy (non-hydrogen) atoms. The lowest BCUT2D eigenvalue weighted by molar-refractivity contribution is -0.0165. The van der Waals surface area contributed by atoms with Crippen molar-refractivity contribution in [1.82, 2.24) is 15.5 Å². The van der Waals surface area contributed by atoms with Crippen LogP contribution in [0.3, 0.4) is 0 Å². The molecule has 2 aliphatic rings. The SMILES string of the molecule is CCNC(=NCC(C)N1CCOCC1C)NCCc1ccc2c(c1)CCO2. The van der Waals surface area contributed by atoms with Gasteiger partial charge in [0.15, 0.2) is 5.96 Å². The Kier molecular flexibility index (Phi) is 7.35. The summed E-state index contributed by atoms with van der Waals surface area (Å²) in [5, 5.41) is 6.83. The normalized spacial score (nSPS) is 21.4. The van der Waals surface area contributed by atoms with Crippen LogP contribution in [-0.4, -0.2) is 68.9 Å². The summed E-state index contributed by atoms with van der Waals surface area (Å²) >= 11 is 0. The van der Waals surface area contributed by atoms with Crippen molar-refractivity contribution in [1.29, 1.82) is 0 Å². The van der Waals surface area contributed by atoms with E-state index in [2.05, 4.69) is 54.5 Å². The van der Waals surface area contributed by atoms with Crippen molar-refractivity contribution in [3.8, 4) is 5.75 Å². The summed E-state index contributed by atoms with van der Waals surface area (Å²) in [7, 11) is 0. The zero-order valence-corrected chi connectivity index (χ0v) is 17.0. The molecule has 2 heterocycles. The van der Waals surface area contributed by atoms with Crippen LogP contribution in [0.1, 0.15) is 31.9 Å². The highest BCUT2D eigenvalue weighted by Crippen LogP contribution is 2.25. The Labute approximate surface area is 163 Å². The van der Waals surface area contributed by atoms with Crippen molar-refractivity contribution in [2.75, 3.05) is 46.0 Å². The van der Waals surface area contributed by atoms with E-state index in [9.17, 15) is 0 Å². The minimum Gasteiger partial charge on any atom is -0.493 e. The first-order valence-corrected chi connectivity index (χ1v) is 10.3. The summed E-state index contributed by atoms with van der Waals surface area (Å²) in [6.07, 6.45) is 2.01. The summed E-state index contributed by atoms with van der Waals surface area (Å²) in [5.74, 6) is 1.95. The number of nitrogens with zero attached hydrogens (tertiary/aromatic N) is 2. The number of ether oxygens (including phenoxy) is 2. The second-order valence-electron chi connectivity index (χ2n) is 7.45. The van der Waals surface area contributed by atoms with Crippen LogP contribution in [0.25, 0.3) is 0 Å². The van der Waals surface area contributed by atoms with Gasteiger partial charge in [0.05, 0.1) is 26.4 Å². The molecule has 0 saturated carbocycles. The third-order valence-corrected chi connectivity index (χ3v) is 5.30. The number of aliphatic imine (C=N–C) groups is 1. The molecule has 1 saturated heterocycles. The smallest absolute Gasteiger partial charge is 0.191 e. The van der Waals surface area contributed by atoms with E-state index in [0.29, 0.717) is 12.1 Å². The van der Waals surface area contributed by atoms with E-state index in [-0.39, 0.29) is 0 Å². The Morgan fingerprint density at radius 2 is 2.22 bits per heavy atom. The van der Waals surface area contributed by atoms with Crippen molar-refractivity contribution < 1.29 is 9.47 Å². The molecule has 150 valence electrons. The number of hydrogen-bond donors (Lipinski definition) is 2. The van der Waals surface area contributed by atoms with E-state index >= 15 is 0 Å². The van der Waals surface area contributed by atoms with Crippen LogP contribution in [0.15, 0.2) is 23.2 Å². The topological polar surface area (TPSA) is 58.1 Å². The van der Waals surface area contributed by atoms with Gasteiger partial charge in [-0.05, 0) is 44.4 Å². The first-order valence-electron chi connectivity index (χ1n) is 10.3. The van der Waals surface area contributed by atoms with E-state index in [4.69, 9.17) is 14.5 Å². The van der Waals surface area contributed by atoms with Crippen molar-refractivity contribution in [2.45, 2.75) is 45.7 Å². The molecule has 1 aromatic carbocycles. The molecule has 2 N–H and O–H groups in total. The van der Waals surface area contributed by atoms with Gasteiger partial charge < -0.3 is 20.1 Å². The fourth-order valence-corrected chi connectivity index (χ4v) is 3.79. The maximum Gasteiger partial charge on any atom is 0.191 e. The standard InChI is InChI=1S/C21H34N4O2/c1-4-22-21(24-14-16(2)25-10-12-26-15-17(25)3)23-9-7-18-5-6-20-19(13-18)8-11-27-20/h5-6,13,16-17H,4,7-12,14-15H2,1-3H3,(H2,22,23,24). The highest BCUT2D eigenvalue weighted by molar-refractivity contribution is 5.79. The number of guanidine groups is 1. The highest BCUT2D eigenvalue weighted by Gasteiger charge is 2.23. The molecular formula is C21H34N4O2. The van der Waals surface area contributed by atoms with Gasteiger partial charge in [-0.15, -0.1) is 0 Å². The van der Waals surface area contributed by atoms with E-state index in [1.807, 2.05) is 0 Å². The van der Waals surface area contributed by atoms with Gasteiger partial charge in [0, 0.05) is 38.1 Å². The monoisotopic (exact) mass is 374 g/mol. The van der Waals surface area contributed by atoms with Crippen LogP contribution in [0.2, 0.25) is 0 Å². The summed E-state index contributed by atoms with van der Waals surface area (Å²) in [5.41, 5.74) is 2.68. The number of morpholine rings is 1. The Bertz CT molecular complexity index is 635. The van der Waals surface area contributed by atoms with Gasteiger partial charge in [-0.2, -0.15) is 0 Å². The Balaban J connectivity index is 1.48. The Morgan fingerprint density at radius 3 is 3.04 bits per heavy atom. The van der Waals surface area contributed by atoms with E-state index < -0.39 is 0 Å². The predicted molar refractivity (Wildman–Crippen MR) is 110 cm³/mol. The number of rotatable bonds is 7. The minimum atomic E-state index is 0.413. The second-order valence-corrected chi connectivity index (χ2v) is 7.45. The van der Waals surface area contributed by atoms with Crippen LogP contribution in [0.4, 0.5) is 0 Å². The van der Waals surface area contributed by atoms with Gasteiger partial charge in [0.25, 0.3) is 0 Å². The molecule has 0 bridgehead atoms. The average Bonchev–Trinajstić information content (AvgIpc) is 3.14. The summed E-state index contributed by atoms with van der Waals surface area (Å²) in [4.78, 5) is 7.29. The fraction of sp³-hybridized carbons (Fsp3) is 0.667. The predicted octanol–water partition coefficient (Wildman–Crippen LogP) is 1.83. The number of nitrogens with one attached hydrogen (secondary N) is 2. The third kappa shape index (κ3) is 5.59. The second kappa shape index (κ2) is 9.95. The maximum atomic E-state index is 5.58. The molecule has 1 aromatic rings. The lowest BCUT2D eigenvalue weighted by atomic mass is 10.1. The average molecular weight is 375 g/mol. The van der Waals surface area contributed by atoms with Gasteiger partial charge in [-0.25, -0.2) is 0 Å². The molecular weight excluding hydrogens is 340 g/mol. The number of fused-ring (bicyclic) bond motifs is 1. The van der Waals surface area contributed by atoms with Gasteiger partial charge in [-0.3, -0.25) is 9.89 Å². The van der Waals surface area contributed by atoms with E-state index in [0.717, 1.165) is 70.6 Å². The van der Waals surface area contributed by atoms with Gasteiger partial charge in [-0.1, -0.05) is 12.1 Å². The molecule has 3 rings (SSSR count). The lowest BCUT2D eigenvalue weighted by Gasteiger charge is -2.37. The number of benzene rings is 1. The van der Waals surface area contributed by atoms with Gasteiger partial charge >= 0.3 is 0 Å². The highest BCUT2D eigenvalue weighted by atomic mass is 16.5. The Morgan fingerprint density at radius 1 is 1.33 bits per heavy atom. The van der Waals surface area contributed by atoms with E-state index in [1.54, 1.807) is 0 Å². The first kappa shape index (κ1) is 20.0. The molecule has 2 unspecified atom stereocenters. The summed E-state index contributed by atoms with van der Waals surface area (Å²) < 4.78 is 11.1. The molecule has 0 amide bonds. The fourth-order valence-electron chi connectivity index (χ4n) is 3.79. The largest absolute Gasteiger partial charge is 0.493 e. The molecule has 6 heteroatoms. The molecule has 2 atom stereocenters. The molecule has 0 aromatic heterocycles. The Hall–Kier alpha value is -1.79. The molecule has 6 nitrogen and oxygen atoms in total. The quantitative estimate of drug-likeness (QED) is 0.563. The summed E-state index contributed by atoms with van der Waals surface area (Å²) in [6, 6.07) is 7.41. The van der Waals surface area contributed by atoms with Crippen molar-refractivity contribution in [3.63, 3.8) is 0 Å². The molecule has 0 spiro atoms. The third-order valence-electron chi connectivity index (χ3n) is 5.30. The molecule has 0 radical (unpaired) electrons. The first-order chi connectivity index (χ1) is 13.2. The zero-order valence-electron chi connectivity index (χ0n) is 17.0. The lowest BCUT2D eigenvalue weighted by Crippen LogP contribution is -2.49.